The van der Waals surface area contributed by atoms with Crippen LogP contribution in [-0.4, -0.2) is 39.9 Å². The Morgan fingerprint density at radius 1 is 1.11 bits per heavy atom. The van der Waals surface area contributed by atoms with Gasteiger partial charge in [0.15, 0.2) is 0 Å². The summed E-state index contributed by atoms with van der Waals surface area (Å²) < 4.78 is 1.95. The Hall–Kier alpha value is -3.68. The molecule has 4 rings (SSSR count). The molecule has 1 aliphatic rings. The molecule has 8 heteroatoms. The zero-order chi connectivity index (χ0) is 19.5. The highest BCUT2D eigenvalue weighted by Gasteiger charge is 2.29. The fourth-order valence-electron chi connectivity index (χ4n) is 3.22. The first kappa shape index (κ1) is 17.7. The average molecular weight is 377 g/mol. The Bertz CT molecular complexity index is 1060. The number of para-hydroxylation sites is 3. The van der Waals surface area contributed by atoms with E-state index < -0.39 is 11.9 Å². The number of hydrogen-bond donors (Lipinski definition) is 3. The van der Waals surface area contributed by atoms with Gasteiger partial charge in [-0.05, 0) is 24.3 Å². The molecule has 0 spiro atoms. The first-order valence-electron chi connectivity index (χ1n) is 8.99. The van der Waals surface area contributed by atoms with Crippen molar-refractivity contribution in [1.29, 1.82) is 0 Å². The van der Waals surface area contributed by atoms with E-state index in [1.807, 2.05) is 28.8 Å². The molecule has 3 N–H and O–H groups in total. The maximum Gasteiger partial charge on any atom is 0.254 e. The van der Waals surface area contributed by atoms with Crippen molar-refractivity contribution in [1.82, 2.24) is 20.2 Å². The number of anilines is 1. The molecule has 0 radical (unpaired) electrons. The summed E-state index contributed by atoms with van der Waals surface area (Å²) in [5.74, 6) is -1.10. The van der Waals surface area contributed by atoms with Crippen molar-refractivity contribution in [3.05, 3.63) is 60.4 Å². The van der Waals surface area contributed by atoms with Crippen LogP contribution in [0.15, 0.2) is 54.9 Å². The third-order valence-electron chi connectivity index (χ3n) is 4.64. The molecule has 0 fully saturated rings. The molecule has 3 amide bonds. The van der Waals surface area contributed by atoms with Crippen LogP contribution in [0.2, 0.25) is 0 Å². The monoisotopic (exact) mass is 377 g/mol. The van der Waals surface area contributed by atoms with E-state index in [1.54, 1.807) is 30.6 Å². The van der Waals surface area contributed by atoms with Gasteiger partial charge in [-0.1, -0.05) is 24.3 Å². The Balaban J connectivity index is 1.34. The minimum atomic E-state index is -0.922. The third kappa shape index (κ3) is 3.57. The van der Waals surface area contributed by atoms with Gasteiger partial charge in [-0.2, -0.15) is 0 Å². The van der Waals surface area contributed by atoms with Gasteiger partial charge in [-0.25, -0.2) is 4.98 Å². The molecule has 0 aliphatic carbocycles. The Morgan fingerprint density at radius 2 is 1.89 bits per heavy atom. The van der Waals surface area contributed by atoms with Gasteiger partial charge in [-0.3, -0.25) is 14.4 Å². The van der Waals surface area contributed by atoms with Crippen LogP contribution >= 0.6 is 0 Å². The lowest BCUT2D eigenvalue weighted by atomic mass is 10.1. The van der Waals surface area contributed by atoms with Crippen LogP contribution in [-0.2, 0) is 16.1 Å². The van der Waals surface area contributed by atoms with E-state index >= 15 is 0 Å². The van der Waals surface area contributed by atoms with Crippen LogP contribution in [0.25, 0.3) is 11.0 Å². The van der Waals surface area contributed by atoms with E-state index in [0.29, 0.717) is 24.3 Å². The Kier molecular flexibility index (Phi) is 4.76. The van der Waals surface area contributed by atoms with E-state index in [-0.39, 0.29) is 18.2 Å². The van der Waals surface area contributed by atoms with Gasteiger partial charge in [-0.15, -0.1) is 0 Å². The van der Waals surface area contributed by atoms with E-state index in [2.05, 4.69) is 20.9 Å². The lowest BCUT2D eigenvalue weighted by Crippen LogP contribution is -2.44. The maximum absolute atomic E-state index is 12.3. The molecule has 0 unspecified atom stereocenters. The number of rotatable bonds is 5. The fourth-order valence-corrected chi connectivity index (χ4v) is 3.22. The summed E-state index contributed by atoms with van der Waals surface area (Å²) in [6.45, 7) is 0.947. The molecule has 28 heavy (non-hydrogen) atoms. The molecule has 0 saturated heterocycles. The number of carbonyl (C=O) groups is 3. The first-order valence-corrected chi connectivity index (χ1v) is 8.99. The second-order valence-electron chi connectivity index (χ2n) is 6.54. The zero-order valence-corrected chi connectivity index (χ0v) is 15.0. The summed E-state index contributed by atoms with van der Waals surface area (Å²) in [6, 6.07) is 13.6. The molecular weight excluding hydrogens is 358 g/mol. The largest absolute Gasteiger partial charge is 0.354 e. The van der Waals surface area contributed by atoms with Crippen molar-refractivity contribution < 1.29 is 14.4 Å². The summed E-state index contributed by atoms with van der Waals surface area (Å²) in [7, 11) is 0. The molecule has 2 aromatic carbocycles. The Morgan fingerprint density at radius 3 is 2.79 bits per heavy atom. The number of carbonyl (C=O) groups excluding carboxylic acids is 3. The molecule has 8 nitrogen and oxygen atoms in total. The van der Waals surface area contributed by atoms with Crippen LogP contribution in [0.3, 0.4) is 0 Å². The molecule has 0 saturated carbocycles. The molecule has 1 aliphatic heterocycles. The van der Waals surface area contributed by atoms with Crippen LogP contribution in [0.4, 0.5) is 5.69 Å². The van der Waals surface area contributed by atoms with Crippen molar-refractivity contribution in [3.63, 3.8) is 0 Å². The van der Waals surface area contributed by atoms with E-state index in [0.717, 1.165) is 11.0 Å². The quantitative estimate of drug-likeness (QED) is 0.623. The lowest BCUT2D eigenvalue weighted by Gasteiger charge is -2.14. The highest BCUT2D eigenvalue weighted by Crippen LogP contribution is 2.18. The predicted molar refractivity (Wildman–Crippen MR) is 104 cm³/mol. The van der Waals surface area contributed by atoms with Gasteiger partial charge in [0, 0.05) is 13.1 Å². The number of nitrogens with one attached hydrogen (secondary N) is 3. The highest BCUT2D eigenvalue weighted by molar-refractivity contribution is 6.10. The summed E-state index contributed by atoms with van der Waals surface area (Å²) in [6.07, 6.45) is 1.60. The number of hydrogen-bond acceptors (Lipinski definition) is 4. The summed E-state index contributed by atoms with van der Waals surface area (Å²) in [5, 5.41) is 8.10. The molecule has 1 aromatic heterocycles. The highest BCUT2D eigenvalue weighted by atomic mass is 16.2. The predicted octanol–water partition coefficient (Wildman–Crippen LogP) is 1.29. The van der Waals surface area contributed by atoms with Crippen molar-refractivity contribution >= 4 is 34.4 Å². The van der Waals surface area contributed by atoms with E-state index in [1.165, 1.54) is 0 Å². The second-order valence-corrected chi connectivity index (χ2v) is 6.54. The minimum Gasteiger partial charge on any atom is -0.354 e. The van der Waals surface area contributed by atoms with Crippen molar-refractivity contribution in [2.24, 2.45) is 0 Å². The SMILES string of the molecule is O=C(C[C@@H]1NC(=O)c2ccccc2NC1=O)NCCn1cnc2ccccc21. The van der Waals surface area contributed by atoms with Crippen LogP contribution in [0, 0.1) is 0 Å². The van der Waals surface area contributed by atoms with Gasteiger partial charge < -0.3 is 20.5 Å². The first-order chi connectivity index (χ1) is 13.6. The van der Waals surface area contributed by atoms with Crippen molar-refractivity contribution in [3.8, 4) is 0 Å². The molecule has 0 bridgehead atoms. The van der Waals surface area contributed by atoms with E-state index in [4.69, 9.17) is 0 Å². The van der Waals surface area contributed by atoms with Gasteiger partial charge in [0.05, 0.1) is 35.0 Å². The van der Waals surface area contributed by atoms with Gasteiger partial charge >= 0.3 is 0 Å². The Labute approximate surface area is 160 Å². The fraction of sp³-hybridized carbons (Fsp3) is 0.200. The van der Waals surface area contributed by atoms with Crippen LogP contribution in [0.5, 0.6) is 0 Å². The molecule has 142 valence electrons. The topological polar surface area (TPSA) is 105 Å². The zero-order valence-electron chi connectivity index (χ0n) is 15.0. The maximum atomic E-state index is 12.3. The number of amides is 3. The summed E-state index contributed by atoms with van der Waals surface area (Å²) in [4.78, 5) is 41.2. The van der Waals surface area contributed by atoms with Gasteiger partial charge in [0.2, 0.25) is 11.8 Å². The number of imidazole rings is 1. The third-order valence-corrected chi connectivity index (χ3v) is 4.64. The summed E-state index contributed by atoms with van der Waals surface area (Å²) >= 11 is 0. The van der Waals surface area contributed by atoms with Crippen molar-refractivity contribution in [2.45, 2.75) is 19.0 Å². The second kappa shape index (κ2) is 7.51. The normalized spacial score (nSPS) is 16.1. The molecule has 1 atom stereocenters. The molecular formula is C20H19N5O3. The minimum absolute atomic E-state index is 0.129. The van der Waals surface area contributed by atoms with Crippen LogP contribution < -0.4 is 16.0 Å². The van der Waals surface area contributed by atoms with Crippen LogP contribution in [0.1, 0.15) is 16.8 Å². The van der Waals surface area contributed by atoms with E-state index in [9.17, 15) is 14.4 Å². The number of aromatic nitrogens is 2. The summed E-state index contributed by atoms with van der Waals surface area (Å²) in [5.41, 5.74) is 2.71. The average Bonchev–Trinajstić information content (AvgIpc) is 3.06. The smallest absolute Gasteiger partial charge is 0.254 e. The lowest BCUT2D eigenvalue weighted by molar-refractivity contribution is -0.125. The molecule has 2 heterocycles. The molecule has 3 aromatic rings. The van der Waals surface area contributed by atoms with Gasteiger partial charge in [0.25, 0.3) is 5.91 Å². The number of nitrogens with zero attached hydrogens (tertiary/aromatic N) is 2. The standard InChI is InChI=1S/C20H19N5O3/c26-18(21-9-10-25-12-22-15-7-3-4-8-17(15)25)11-16-20(28)23-14-6-2-1-5-13(14)19(27)24-16/h1-8,12,16H,9-11H2,(H,21,26)(H,23,28)(H,24,27)/t16-/m0/s1. The number of benzene rings is 2. The number of fused-ring (bicyclic) bond motifs is 2. The van der Waals surface area contributed by atoms with Gasteiger partial charge in [0.1, 0.15) is 6.04 Å². The van der Waals surface area contributed by atoms with Crippen molar-refractivity contribution in [2.75, 3.05) is 11.9 Å².